The Kier molecular flexibility index (Phi) is 8.16. The molecule has 55 heavy (non-hydrogen) atoms. The van der Waals surface area contributed by atoms with Gasteiger partial charge in [-0.2, -0.15) is 0 Å². The number of benzene rings is 8. The molecule has 0 fully saturated rings. The van der Waals surface area contributed by atoms with E-state index >= 15 is 0 Å². The minimum Gasteiger partial charge on any atom is -0.456 e. The van der Waals surface area contributed by atoms with Crippen molar-refractivity contribution in [1.82, 2.24) is 9.97 Å². The molecule has 0 spiro atoms. The average molecular weight is 703 g/mol. The molecule has 0 aliphatic rings. The molecule has 0 bridgehead atoms. The molecule has 0 unspecified atom stereocenters. The van der Waals surface area contributed by atoms with Crippen LogP contribution in [0.3, 0.4) is 0 Å². The van der Waals surface area contributed by atoms with Gasteiger partial charge in [0.15, 0.2) is 5.82 Å². The molecule has 10 aromatic rings. The summed E-state index contributed by atoms with van der Waals surface area (Å²) in [5, 5.41) is 2.21. The molecular weight excluding hydrogens is 669 g/mol. The van der Waals surface area contributed by atoms with Crippen molar-refractivity contribution < 1.29 is 4.42 Å². The zero-order valence-corrected chi connectivity index (χ0v) is 29.9. The van der Waals surface area contributed by atoms with Gasteiger partial charge in [-0.3, -0.25) is 0 Å². The molecule has 0 saturated carbocycles. The van der Waals surface area contributed by atoms with Gasteiger partial charge in [0.25, 0.3) is 0 Å². The Bertz CT molecular complexity index is 2900. The maximum atomic E-state index is 6.34. The molecule has 0 aliphatic carbocycles. The zero-order valence-electron chi connectivity index (χ0n) is 29.9. The highest BCUT2D eigenvalue weighted by Crippen LogP contribution is 2.41. The van der Waals surface area contributed by atoms with Crippen molar-refractivity contribution in [3.63, 3.8) is 0 Å². The summed E-state index contributed by atoms with van der Waals surface area (Å²) in [5.74, 6) is 0.675. The largest absolute Gasteiger partial charge is 0.456 e. The number of nitrogens with zero attached hydrogens (tertiary/aromatic N) is 2. The first-order chi connectivity index (χ1) is 27.2. The molecule has 2 aromatic heterocycles. The molecular formula is C52H34N2O. The summed E-state index contributed by atoms with van der Waals surface area (Å²) in [6, 6.07) is 72.3. The Morgan fingerprint density at radius 2 is 0.709 bits per heavy atom. The van der Waals surface area contributed by atoms with Gasteiger partial charge in [-0.05, 0) is 99.1 Å². The van der Waals surface area contributed by atoms with Crippen molar-refractivity contribution in [2.24, 2.45) is 0 Å². The highest BCUT2D eigenvalue weighted by Gasteiger charge is 2.18. The fourth-order valence-corrected chi connectivity index (χ4v) is 7.57. The Labute approximate surface area is 319 Å². The first-order valence-electron chi connectivity index (χ1n) is 18.6. The van der Waals surface area contributed by atoms with E-state index in [0.717, 1.165) is 94.5 Å². The van der Waals surface area contributed by atoms with Crippen LogP contribution in [-0.2, 0) is 0 Å². The first kappa shape index (κ1) is 32.3. The molecule has 0 atom stereocenters. The number of para-hydroxylation sites is 1. The van der Waals surface area contributed by atoms with Gasteiger partial charge in [0.2, 0.25) is 0 Å². The minimum atomic E-state index is 0.675. The molecule has 0 radical (unpaired) electrons. The Morgan fingerprint density at radius 1 is 0.291 bits per heavy atom. The van der Waals surface area contributed by atoms with Crippen molar-refractivity contribution >= 4 is 21.9 Å². The predicted molar refractivity (Wildman–Crippen MR) is 227 cm³/mol. The van der Waals surface area contributed by atoms with Gasteiger partial charge in [0, 0.05) is 27.5 Å². The van der Waals surface area contributed by atoms with E-state index in [2.05, 4.69) is 176 Å². The minimum absolute atomic E-state index is 0.675. The lowest BCUT2D eigenvalue weighted by molar-refractivity contribution is 0.669. The summed E-state index contributed by atoms with van der Waals surface area (Å²) in [6.45, 7) is 0. The van der Waals surface area contributed by atoms with E-state index < -0.39 is 0 Å². The van der Waals surface area contributed by atoms with Crippen LogP contribution in [-0.4, -0.2) is 9.97 Å². The smallest absolute Gasteiger partial charge is 0.160 e. The van der Waals surface area contributed by atoms with Crippen molar-refractivity contribution in [2.75, 3.05) is 0 Å². The summed E-state index contributed by atoms with van der Waals surface area (Å²) in [7, 11) is 0. The van der Waals surface area contributed by atoms with E-state index in [0.29, 0.717) is 5.82 Å². The standard InChI is InChI=1S/C52H34N2O/c1-5-16-35(17-6-1)39-28-40(36-18-7-2-8-19-36)31-43(30-39)47-34-48(54-52(53-47)38-22-11-4-12-23-38)44-32-41(37-20-9-3-10-21-37)29-42(33-44)45-25-15-27-50-51(45)46-24-13-14-26-49(46)55-50/h1-34H. The first-order valence-corrected chi connectivity index (χ1v) is 18.6. The van der Waals surface area contributed by atoms with Gasteiger partial charge >= 0.3 is 0 Å². The van der Waals surface area contributed by atoms with E-state index in [9.17, 15) is 0 Å². The quantitative estimate of drug-likeness (QED) is 0.166. The van der Waals surface area contributed by atoms with Crippen molar-refractivity contribution in [2.45, 2.75) is 0 Å². The SMILES string of the molecule is c1ccc(-c2cc(-c3ccccc3)cc(-c3cc(-c4cc(-c5ccccc5)cc(-c5cccc6oc7ccccc7c56)c4)nc(-c4ccccc4)n3)c2)cc1. The lowest BCUT2D eigenvalue weighted by atomic mass is 9.92. The lowest BCUT2D eigenvalue weighted by Crippen LogP contribution is -1.97. The maximum Gasteiger partial charge on any atom is 0.160 e. The topological polar surface area (TPSA) is 38.9 Å². The van der Waals surface area contributed by atoms with Crippen LogP contribution >= 0.6 is 0 Å². The number of aromatic nitrogens is 2. The fourth-order valence-electron chi connectivity index (χ4n) is 7.57. The van der Waals surface area contributed by atoms with E-state index in [1.807, 2.05) is 30.3 Å². The van der Waals surface area contributed by atoms with E-state index in [1.165, 1.54) is 0 Å². The molecule has 2 heterocycles. The number of hydrogen-bond donors (Lipinski definition) is 0. The second-order valence-corrected chi connectivity index (χ2v) is 13.8. The van der Waals surface area contributed by atoms with Crippen LogP contribution in [0.5, 0.6) is 0 Å². The third kappa shape index (κ3) is 6.28. The van der Waals surface area contributed by atoms with Crippen LogP contribution in [0.15, 0.2) is 211 Å². The molecule has 3 heteroatoms. The fraction of sp³-hybridized carbons (Fsp3) is 0. The molecule has 0 saturated heterocycles. The van der Waals surface area contributed by atoms with Gasteiger partial charge in [-0.15, -0.1) is 0 Å². The molecule has 0 amide bonds. The monoisotopic (exact) mass is 702 g/mol. The van der Waals surface area contributed by atoms with E-state index in [1.54, 1.807) is 0 Å². The summed E-state index contributed by atoms with van der Waals surface area (Å²) in [5.41, 5.74) is 15.5. The van der Waals surface area contributed by atoms with Gasteiger partial charge in [-0.25, -0.2) is 9.97 Å². The molecule has 0 N–H and O–H groups in total. The maximum absolute atomic E-state index is 6.34. The molecule has 8 aromatic carbocycles. The van der Waals surface area contributed by atoms with Crippen molar-refractivity contribution in [3.05, 3.63) is 206 Å². The van der Waals surface area contributed by atoms with Crippen LogP contribution < -0.4 is 0 Å². The predicted octanol–water partition coefficient (Wildman–Crippen LogP) is 14.0. The Balaban J connectivity index is 1.22. The Morgan fingerprint density at radius 3 is 1.25 bits per heavy atom. The normalized spacial score (nSPS) is 11.3. The second kappa shape index (κ2) is 13.9. The van der Waals surface area contributed by atoms with E-state index in [-0.39, 0.29) is 0 Å². The van der Waals surface area contributed by atoms with Gasteiger partial charge in [0.05, 0.1) is 11.4 Å². The van der Waals surface area contributed by atoms with Crippen LogP contribution in [0.4, 0.5) is 0 Å². The third-order valence-electron chi connectivity index (χ3n) is 10.3. The Hall–Kier alpha value is -7.36. The third-order valence-corrected chi connectivity index (χ3v) is 10.3. The second-order valence-electron chi connectivity index (χ2n) is 13.8. The van der Waals surface area contributed by atoms with Gasteiger partial charge in [0.1, 0.15) is 11.2 Å². The molecule has 10 rings (SSSR count). The number of furan rings is 1. The van der Waals surface area contributed by atoms with Crippen LogP contribution in [0.25, 0.3) is 100 Å². The number of rotatable bonds is 7. The van der Waals surface area contributed by atoms with Crippen LogP contribution in [0.2, 0.25) is 0 Å². The van der Waals surface area contributed by atoms with E-state index in [4.69, 9.17) is 14.4 Å². The molecule has 0 aliphatic heterocycles. The summed E-state index contributed by atoms with van der Waals surface area (Å²) in [4.78, 5) is 10.6. The highest BCUT2D eigenvalue weighted by molar-refractivity contribution is 6.12. The summed E-state index contributed by atoms with van der Waals surface area (Å²) < 4.78 is 6.34. The summed E-state index contributed by atoms with van der Waals surface area (Å²) >= 11 is 0. The van der Waals surface area contributed by atoms with Gasteiger partial charge in [-0.1, -0.05) is 152 Å². The number of fused-ring (bicyclic) bond motifs is 3. The average Bonchev–Trinajstić information content (AvgIpc) is 3.66. The zero-order chi connectivity index (χ0) is 36.6. The highest BCUT2D eigenvalue weighted by atomic mass is 16.3. The molecule has 258 valence electrons. The number of hydrogen-bond acceptors (Lipinski definition) is 3. The van der Waals surface area contributed by atoms with Crippen LogP contribution in [0, 0.1) is 0 Å². The lowest BCUT2D eigenvalue weighted by Gasteiger charge is -2.15. The van der Waals surface area contributed by atoms with Gasteiger partial charge < -0.3 is 4.42 Å². The molecule has 3 nitrogen and oxygen atoms in total. The van der Waals surface area contributed by atoms with Crippen LogP contribution in [0.1, 0.15) is 0 Å². The van der Waals surface area contributed by atoms with Crippen molar-refractivity contribution in [3.8, 4) is 78.4 Å². The van der Waals surface area contributed by atoms with Crippen molar-refractivity contribution in [1.29, 1.82) is 0 Å². The summed E-state index contributed by atoms with van der Waals surface area (Å²) in [6.07, 6.45) is 0.